The Hall–Kier alpha value is -0.790. The highest BCUT2D eigenvalue weighted by molar-refractivity contribution is 9.10. The van der Waals surface area contributed by atoms with Crippen LogP contribution in [0.3, 0.4) is 0 Å². The molecule has 2 aromatic carbocycles. The molecule has 2 heteroatoms. The van der Waals surface area contributed by atoms with Crippen LogP contribution in [-0.2, 0) is 6.42 Å². The fourth-order valence-electron chi connectivity index (χ4n) is 2.28. The van der Waals surface area contributed by atoms with Crippen molar-refractivity contribution in [2.75, 3.05) is 5.88 Å². The smallest absolute Gasteiger partial charge is 0.0295 e. The zero-order valence-corrected chi connectivity index (χ0v) is 13.6. The summed E-state index contributed by atoms with van der Waals surface area (Å²) in [6.07, 6.45) is 0.999. The maximum absolute atomic E-state index is 6.17. The van der Waals surface area contributed by atoms with Crippen LogP contribution in [0, 0.1) is 13.8 Å². The van der Waals surface area contributed by atoms with Crippen LogP contribution >= 0.6 is 27.5 Å². The highest BCUT2D eigenvalue weighted by Gasteiger charge is 2.12. The molecule has 0 bridgehead atoms. The molecule has 0 fully saturated rings. The van der Waals surface area contributed by atoms with Gasteiger partial charge in [-0.1, -0.05) is 51.8 Å². The molecule has 0 nitrogen and oxygen atoms in total. The molecule has 0 saturated heterocycles. The fraction of sp³-hybridized carbons (Fsp3) is 0.294. The molecule has 0 aliphatic rings. The summed E-state index contributed by atoms with van der Waals surface area (Å²) in [5.41, 5.74) is 5.36. The third-order valence-electron chi connectivity index (χ3n) is 3.50. The van der Waals surface area contributed by atoms with Gasteiger partial charge in [-0.2, -0.15) is 0 Å². The normalized spacial score (nSPS) is 12.4. The van der Waals surface area contributed by atoms with E-state index in [-0.39, 0.29) is 0 Å². The van der Waals surface area contributed by atoms with Crippen LogP contribution in [-0.4, -0.2) is 5.88 Å². The third-order valence-corrected chi connectivity index (χ3v) is 4.40. The van der Waals surface area contributed by atoms with Gasteiger partial charge in [-0.05, 0) is 49.1 Å². The molecule has 100 valence electrons. The summed E-state index contributed by atoms with van der Waals surface area (Å²) in [6.45, 7) is 4.31. The Bertz CT molecular complexity index is 546. The zero-order chi connectivity index (χ0) is 13.8. The Morgan fingerprint density at radius 1 is 1.05 bits per heavy atom. The van der Waals surface area contributed by atoms with E-state index < -0.39 is 0 Å². The number of halogens is 2. The van der Waals surface area contributed by atoms with E-state index in [0.717, 1.165) is 10.9 Å². The average Bonchev–Trinajstić information content (AvgIpc) is 2.41. The Morgan fingerprint density at radius 3 is 2.37 bits per heavy atom. The second-order valence-electron chi connectivity index (χ2n) is 5.04. The number of rotatable bonds is 4. The Morgan fingerprint density at radius 2 is 1.74 bits per heavy atom. The maximum atomic E-state index is 6.17. The van der Waals surface area contributed by atoms with E-state index in [1.54, 1.807) is 0 Å². The number of hydrogen-bond acceptors (Lipinski definition) is 0. The van der Waals surface area contributed by atoms with Crippen molar-refractivity contribution in [1.82, 2.24) is 0 Å². The van der Waals surface area contributed by atoms with E-state index in [0.29, 0.717) is 11.8 Å². The molecule has 2 aromatic rings. The standard InChI is InChI=1S/C17H18BrCl/c1-12-3-4-13(2)15(9-12)10-16(11-19)14-5-7-17(18)8-6-14/h3-9,16H,10-11H2,1-2H3. The lowest BCUT2D eigenvalue weighted by Gasteiger charge is -2.16. The quantitative estimate of drug-likeness (QED) is 0.634. The molecule has 0 aliphatic heterocycles. The van der Waals surface area contributed by atoms with Crippen LogP contribution < -0.4 is 0 Å². The summed E-state index contributed by atoms with van der Waals surface area (Å²) < 4.78 is 1.11. The SMILES string of the molecule is Cc1ccc(C)c(CC(CCl)c2ccc(Br)cc2)c1. The van der Waals surface area contributed by atoms with E-state index in [4.69, 9.17) is 11.6 Å². The predicted molar refractivity (Wildman–Crippen MR) is 87.2 cm³/mol. The summed E-state index contributed by atoms with van der Waals surface area (Å²) in [6, 6.07) is 15.1. The van der Waals surface area contributed by atoms with Crippen LogP contribution in [0.1, 0.15) is 28.2 Å². The first kappa shape index (κ1) is 14.6. The number of alkyl halides is 1. The van der Waals surface area contributed by atoms with Gasteiger partial charge in [0.2, 0.25) is 0 Å². The van der Waals surface area contributed by atoms with Gasteiger partial charge in [0.15, 0.2) is 0 Å². The van der Waals surface area contributed by atoms with Crippen molar-refractivity contribution in [1.29, 1.82) is 0 Å². The molecule has 0 aromatic heterocycles. The monoisotopic (exact) mass is 336 g/mol. The van der Waals surface area contributed by atoms with Crippen molar-refractivity contribution in [3.63, 3.8) is 0 Å². The highest BCUT2D eigenvalue weighted by Crippen LogP contribution is 2.25. The predicted octanol–water partition coefficient (Wildman–Crippen LogP) is 5.63. The van der Waals surface area contributed by atoms with Crippen LogP contribution in [0.2, 0.25) is 0 Å². The number of benzene rings is 2. The molecule has 0 radical (unpaired) electrons. The van der Waals surface area contributed by atoms with Crippen molar-refractivity contribution in [3.05, 3.63) is 69.2 Å². The Balaban J connectivity index is 2.23. The fourth-order valence-corrected chi connectivity index (χ4v) is 2.83. The lowest BCUT2D eigenvalue weighted by atomic mass is 9.91. The van der Waals surface area contributed by atoms with Gasteiger partial charge >= 0.3 is 0 Å². The largest absolute Gasteiger partial charge is 0.126 e. The first-order valence-electron chi connectivity index (χ1n) is 6.47. The molecule has 0 heterocycles. The summed E-state index contributed by atoms with van der Waals surface area (Å²) >= 11 is 9.64. The molecular weight excluding hydrogens is 320 g/mol. The molecule has 0 spiro atoms. The average molecular weight is 338 g/mol. The minimum absolute atomic E-state index is 0.371. The van der Waals surface area contributed by atoms with Crippen molar-refractivity contribution in [2.45, 2.75) is 26.2 Å². The van der Waals surface area contributed by atoms with Crippen LogP contribution in [0.25, 0.3) is 0 Å². The number of aryl methyl sites for hydroxylation is 2. The van der Waals surface area contributed by atoms with E-state index >= 15 is 0 Å². The van der Waals surface area contributed by atoms with Crippen molar-refractivity contribution in [3.8, 4) is 0 Å². The number of hydrogen-bond donors (Lipinski definition) is 0. The second-order valence-corrected chi connectivity index (χ2v) is 6.26. The van der Waals surface area contributed by atoms with Crippen LogP contribution in [0.5, 0.6) is 0 Å². The van der Waals surface area contributed by atoms with E-state index in [2.05, 4.69) is 72.2 Å². The van der Waals surface area contributed by atoms with Gasteiger partial charge in [0.05, 0.1) is 0 Å². The summed E-state index contributed by atoms with van der Waals surface area (Å²) in [5, 5.41) is 0. The second kappa shape index (κ2) is 6.58. The maximum Gasteiger partial charge on any atom is 0.0295 e. The summed E-state index contributed by atoms with van der Waals surface area (Å²) in [7, 11) is 0. The van der Waals surface area contributed by atoms with Gasteiger partial charge in [0.1, 0.15) is 0 Å². The van der Waals surface area contributed by atoms with E-state index in [1.165, 1.54) is 22.3 Å². The Kier molecular flexibility index (Phi) is 5.06. The summed E-state index contributed by atoms with van der Waals surface area (Å²) in [4.78, 5) is 0. The molecule has 0 saturated carbocycles. The first-order chi connectivity index (χ1) is 9.10. The third kappa shape index (κ3) is 3.84. The minimum atomic E-state index is 0.371. The lowest BCUT2D eigenvalue weighted by molar-refractivity contribution is 0.761. The van der Waals surface area contributed by atoms with Gasteiger partial charge in [-0.3, -0.25) is 0 Å². The highest BCUT2D eigenvalue weighted by atomic mass is 79.9. The van der Waals surface area contributed by atoms with Gasteiger partial charge in [-0.15, -0.1) is 11.6 Å². The molecule has 2 rings (SSSR count). The van der Waals surface area contributed by atoms with Gasteiger partial charge < -0.3 is 0 Å². The van der Waals surface area contributed by atoms with Gasteiger partial charge in [0.25, 0.3) is 0 Å². The Labute approximate surface area is 128 Å². The lowest BCUT2D eigenvalue weighted by Crippen LogP contribution is -2.06. The van der Waals surface area contributed by atoms with Gasteiger partial charge in [0, 0.05) is 16.3 Å². The molecule has 19 heavy (non-hydrogen) atoms. The van der Waals surface area contributed by atoms with Crippen LogP contribution in [0.15, 0.2) is 46.9 Å². The molecule has 1 atom stereocenters. The first-order valence-corrected chi connectivity index (χ1v) is 7.80. The molecule has 0 aliphatic carbocycles. The van der Waals surface area contributed by atoms with E-state index in [1.807, 2.05) is 0 Å². The minimum Gasteiger partial charge on any atom is -0.126 e. The van der Waals surface area contributed by atoms with E-state index in [9.17, 15) is 0 Å². The van der Waals surface area contributed by atoms with Crippen molar-refractivity contribution < 1.29 is 0 Å². The van der Waals surface area contributed by atoms with Crippen molar-refractivity contribution >= 4 is 27.5 Å². The molecule has 0 N–H and O–H groups in total. The molecule has 0 amide bonds. The summed E-state index contributed by atoms with van der Waals surface area (Å²) in [5.74, 6) is 1.02. The topological polar surface area (TPSA) is 0 Å². The molecule has 1 unspecified atom stereocenters. The zero-order valence-electron chi connectivity index (χ0n) is 11.3. The van der Waals surface area contributed by atoms with Gasteiger partial charge in [-0.25, -0.2) is 0 Å². The van der Waals surface area contributed by atoms with Crippen molar-refractivity contribution in [2.24, 2.45) is 0 Å². The van der Waals surface area contributed by atoms with Crippen LogP contribution in [0.4, 0.5) is 0 Å². The molecular formula is C17H18BrCl.